The van der Waals surface area contributed by atoms with E-state index in [1.54, 1.807) is 19.1 Å². The standard InChI is InChI=1S/C19H18F2N2O3S/c1-2-10-27(24,25)23(17-9-4-3-8-16(17)21)13-19-22-12-18(26-19)14-6-5-7-15(20)11-14/h3-9,11-12H,2,10,13H2,1H3. The summed E-state index contributed by atoms with van der Waals surface area (Å²) in [5, 5.41) is 0. The summed E-state index contributed by atoms with van der Waals surface area (Å²) < 4.78 is 59.4. The molecule has 0 fully saturated rings. The van der Waals surface area contributed by atoms with E-state index in [2.05, 4.69) is 4.98 Å². The Balaban J connectivity index is 1.95. The molecule has 5 nitrogen and oxygen atoms in total. The number of sulfonamides is 1. The fourth-order valence-corrected chi connectivity index (χ4v) is 4.13. The van der Waals surface area contributed by atoms with Crippen LogP contribution in [0.15, 0.2) is 59.1 Å². The first kappa shape index (κ1) is 19.0. The minimum absolute atomic E-state index is 0.0727. The first-order chi connectivity index (χ1) is 12.9. The van der Waals surface area contributed by atoms with Crippen molar-refractivity contribution in [3.8, 4) is 11.3 Å². The smallest absolute Gasteiger partial charge is 0.235 e. The summed E-state index contributed by atoms with van der Waals surface area (Å²) in [4.78, 5) is 4.07. The SMILES string of the molecule is CCCS(=O)(=O)N(Cc1ncc(-c2cccc(F)c2)o1)c1ccccc1F. The second-order valence-corrected chi connectivity index (χ2v) is 7.92. The number of nitrogens with zero attached hydrogens (tertiary/aromatic N) is 2. The van der Waals surface area contributed by atoms with E-state index in [0.29, 0.717) is 17.7 Å². The van der Waals surface area contributed by atoms with Gasteiger partial charge in [0.2, 0.25) is 15.9 Å². The Kier molecular flexibility index (Phi) is 5.55. The molecule has 0 aliphatic heterocycles. The van der Waals surface area contributed by atoms with Crippen molar-refractivity contribution >= 4 is 15.7 Å². The number of rotatable bonds is 7. The predicted molar refractivity (Wildman–Crippen MR) is 98.6 cm³/mol. The zero-order valence-corrected chi connectivity index (χ0v) is 15.4. The third kappa shape index (κ3) is 4.33. The highest BCUT2D eigenvalue weighted by molar-refractivity contribution is 7.92. The van der Waals surface area contributed by atoms with E-state index in [4.69, 9.17) is 4.42 Å². The Bertz CT molecular complexity index is 1030. The molecule has 0 aliphatic carbocycles. The summed E-state index contributed by atoms with van der Waals surface area (Å²) in [6.07, 6.45) is 1.77. The Morgan fingerprint density at radius 3 is 2.59 bits per heavy atom. The monoisotopic (exact) mass is 392 g/mol. The number of aromatic nitrogens is 1. The van der Waals surface area contributed by atoms with Crippen LogP contribution >= 0.6 is 0 Å². The lowest BCUT2D eigenvalue weighted by molar-refractivity contribution is 0.503. The van der Waals surface area contributed by atoms with Crippen LogP contribution in [0, 0.1) is 11.6 Å². The summed E-state index contributed by atoms with van der Waals surface area (Å²) in [6.45, 7) is 1.46. The molecule has 0 amide bonds. The lowest BCUT2D eigenvalue weighted by Crippen LogP contribution is -2.33. The summed E-state index contributed by atoms with van der Waals surface area (Å²) in [6, 6.07) is 11.4. The van der Waals surface area contributed by atoms with E-state index >= 15 is 0 Å². The van der Waals surface area contributed by atoms with E-state index < -0.39 is 21.7 Å². The number of oxazole rings is 1. The number of para-hydroxylation sites is 1. The van der Waals surface area contributed by atoms with Crippen LogP contribution in [0.4, 0.5) is 14.5 Å². The van der Waals surface area contributed by atoms with Gasteiger partial charge in [-0.1, -0.05) is 31.2 Å². The normalized spacial score (nSPS) is 11.5. The summed E-state index contributed by atoms with van der Waals surface area (Å²) in [5.74, 6) is -0.847. The average molecular weight is 392 g/mol. The molecule has 2 aromatic carbocycles. The van der Waals surface area contributed by atoms with Gasteiger partial charge < -0.3 is 4.42 Å². The highest BCUT2D eigenvalue weighted by atomic mass is 32.2. The van der Waals surface area contributed by atoms with E-state index in [0.717, 1.165) is 4.31 Å². The van der Waals surface area contributed by atoms with Crippen LogP contribution in [0.25, 0.3) is 11.3 Å². The van der Waals surface area contributed by atoms with Gasteiger partial charge in [0.25, 0.3) is 0 Å². The molecule has 3 aromatic rings. The van der Waals surface area contributed by atoms with Crippen LogP contribution in [0.3, 0.4) is 0 Å². The number of benzene rings is 2. The zero-order chi connectivity index (χ0) is 19.4. The molecule has 3 rings (SSSR count). The highest BCUT2D eigenvalue weighted by Crippen LogP contribution is 2.27. The molecule has 0 saturated heterocycles. The van der Waals surface area contributed by atoms with Gasteiger partial charge in [-0.3, -0.25) is 4.31 Å². The summed E-state index contributed by atoms with van der Waals surface area (Å²) in [7, 11) is -3.77. The quantitative estimate of drug-likeness (QED) is 0.599. The molecular weight excluding hydrogens is 374 g/mol. The molecule has 0 atom stereocenters. The fraction of sp³-hybridized carbons (Fsp3) is 0.211. The molecule has 0 saturated carbocycles. The maximum absolute atomic E-state index is 14.2. The molecule has 0 bridgehead atoms. The number of halogens is 2. The second kappa shape index (κ2) is 7.87. The first-order valence-corrected chi connectivity index (χ1v) is 9.97. The fourth-order valence-electron chi connectivity index (χ4n) is 2.64. The lowest BCUT2D eigenvalue weighted by atomic mass is 10.2. The molecule has 1 aromatic heterocycles. The van der Waals surface area contributed by atoms with Crippen molar-refractivity contribution in [1.29, 1.82) is 0 Å². The average Bonchev–Trinajstić information content (AvgIpc) is 3.09. The lowest BCUT2D eigenvalue weighted by Gasteiger charge is -2.23. The second-order valence-electron chi connectivity index (χ2n) is 5.90. The molecule has 0 radical (unpaired) electrons. The van der Waals surface area contributed by atoms with Crippen molar-refractivity contribution < 1.29 is 21.6 Å². The maximum atomic E-state index is 14.2. The first-order valence-electron chi connectivity index (χ1n) is 8.36. The van der Waals surface area contributed by atoms with Crippen LogP contribution in [0.5, 0.6) is 0 Å². The number of hydrogen-bond donors (Lipinski definition) is 0. The molecule has 27 heavy (non-hydrogen) atoms. The van der Waals surface area contributed by atoms with Gasteiger partial charge in [0.05, 0.1) is 17.6 Å². The van der Waals surface area contributed by atoms with E-state index in [-0.39, 0.29) is 23.9 Å². The van der Waals surface area contributed by atoms with Crippen LogP contribution in [0.1, 0.15) is 19.2 Å². The van der Waals surface area contributed by atoms with Gasteiger partial charge in [-0.05, 0) is 30.7 Å². The number of anilines is 1. The Morgan fingerprint density at radius 2 is 1.89 bits per heavy atom. The van der Waals surface area contributed by atoms with Gasteiger partial charge in [-0.2, -0.15) is 0 Å². The van der Waals surface area contributed by atoms with Crippen LogP contribution in [0.2, 0.25) is 0 Å². The molecule has 1 heterocycles. The molecule has 0 N–H and O–H groups in total. The Labute approximate surface area is 156 Å². The largest absolute Gasteiger partial charge is 0.439 e. The molecule has 0 unspecified atom stereocenters. The van der Waals surface area contributed by atoms with Crippen LogP contribution in [-0.4, -0.2) is 19.2 Å². The third-order valence-corrected chi connectivity index (χ3v) is 5.78. The van der Waals surface area contributed by atoms with E-state index in [9.17, 15) is 17.2 Å². The maximum Gasteiger partial charge on any atom is 0.235 e. The molecule has 8 heteroatoms. The van der Waals surface area contributed by atoms with Gasteiger partial charge in [0.1, 0.15) is 18.2 Å². The van der Waals surface area contributed by atoms with Crippen LogP contribution in [-0.2, 0) is 16.6 Å². The van der Waals surface area contributed by atoms with Crippen molar-refractivity contribution in [2.24, 2.45) is 0 Å². The summed E-state index contributed by atoms with van der Waals surface area (Å²) in [5.41, 5.74) is 0.402. The third-order valence-electron chi connectivity index (χ3n) is 3.86. The summed E-state index contributed by atoms with van der Waals surface area (Å²) >= 11 is 0. The minimum Gasteiger partial charge on any atom is -0.439 e. The number of hydrogen-bond acceptors (Lipinski definition) is 4. The zero-order valence-electron chi connectivity index (χ0n) is 14.6. The topological polar surface area (TPSA) is 63.4 Å². The van der Waals surface area contributed by atoms with Gasteiger partial charge >= 0.3 is 0 Å². The highest BCUT2D eigenvalue weighted by Gasteiger charge is 2.26. The van der Waals surface area contributed by atoms with Crippen molar-refractivity contribution in [2.45, 2.75) is 19.9 Å². The van der Waals surface area contributed by atoms with Gasteiger partial charge in [-0.15, -0.1) is 0 Å². The minimum atomic E-state index is -3.77. The van der Waals surface area contributed by atoms with Gasteiger partial charge in [0.15, 0.2) is 5.76 Å². The Morgan fingerprint density at radius 1 is 1.11 bits per heavy atom. The Hall–Kier alpha value is -2.74. The van der Waals surface area contributed by atoms with E-state index in [1.165, 1.54) is 42.6 Å². The molecule has 142 valence electrons. The van der Waals surface area contributed by atoms with Crippen molar-refractivity contribution in [2.75, 3.05) is 10.1 Å². The molecule has 0 aliphatic rings. The van der Waals surface area contributed by atoms with Gasteiger partial charge in [-0.25, -0.2) is 22.2 Å². The predicted octanol–water partition coefficient (Wildman–Crippen LogP) is 4.37. The van der Waals surface area contributed by atoms with Crippen LogP contribution < -0.4 is 4.31 Å². The van der Waals surface area contributed by atoms with Crippen molar-refractivity contribution in [3.05, 3.63) is 72.3 Å². The van der Waals surface area contributed by atoms with Crippen molar-refractivity contribution in [3.63, 3.8) is 0 Å². The van der Waals surface area contributed by atoms with Crippen molar-refractivity contribution in [1.82, 2.24) is 4.98 Å². The van der Waals surface area contributed by atoms with Gasteiger partial charge in [0, 0.05) is 5.56 Å². The molecular formula is C19H18F2N2O3S. The van der Waals surface area contributed by atoms with E-state index in [1.807, 2.05) is 0 Å². The molecule has 0 spiro atoms.